The first-order valence-corrected chi connectivity index (χ1v) is 4.68. The van der Waals surface area contributed by atoms with E-state index in [1.165, 1.54) is 0 Å². The Bertz CT molecular complexity index is 313. The molecule has 0 unspecified atom stereocenters. The van der Waals surface area contributed by atoms with Crippen molar-refractivity contribution in [3.05, 3.63) is 12.4 Å². The first-order chi connectivity index (χ1) is 5.89. The summed E-state index contributed by atoms with van der Waals surface area (Å²) < 4.78 is 1.08. The molecule has 13 heavy (non-hydrogen) atoms. The minimum Gasteiger partial charge on any atom is -0.322 e. The summed E-state index contributed by atoms with van der Waals surface area (Å²) >= 11 is 3.27. The van der Waals surface area contributed by atoms with Gasteiger partial charge in [-0.3, -0.25) is 9.48 Å². The highest BCUT2D eigenvalue weighted by atomic mass is 79.9. The van der Waals surface area contributed by atoms with Crippen LogP contribution >= 0.6 is 15.9 Å². The van der Waals surface area contributed by atoms with E-state index in [0.29, 0.717) is 5.69 Å². The van der Waals surface area contributed by atoms with Crippen LogP contribution in [0.2, 0.25) is 0 Å². The van der Waals surface area contributed by atoms with Crippen molar-refractivity contribution in [2.45, 2.75) is 18.2 Å². The Labute approximate surface area is 85.4 Å². The van der Waals surface area contributed by atoms with E-state index < -0.39 is 4.32 Å². The fourth-order valence-corrected chi connectivity index (χ4v) is 0.865. The number of anilines is 1. The van der Waals surface area contributed by atoms with E-state index in [-0.39, 0.29) is 5.91 Å². The Balaban J connectivity index is 2.65. The highest BCUT2D eigenvalue weighted by molar-refractivity contribution is 9.10. The van der Waals surface area contributed by atoms with Crippen LogP contribution in [-0.2, 0) is 11.8 Å². The van der Waals surface area contributed by atoms with Gasteiger partial charge in [0.2, 0.25) is 5.91 Å². The zero-order valence-corrected chi connectivity index (χ0v) is 9.42. The van der Waals surface area contributed by atoms with E-state index in [2.05, 4.69) is 26.3 Å². The summed E-state index contributed by atoms with van der Waals surface area (Å²) in [7, 11) is 1.80. The second-order valence-electron chi connectivity index (χ2n) is 3.33. The first-order valence-electron chi connectivity index (χ1n) is 3.88. The fourth-order valence-electron chi connectivity index (χ4n) is 0.765. The molecular weight excluding hydrogens is 234 g/mol. The lowest BCUT2D eigenvalue weighted by Crippen LogP contribution is -2.30. The van der Waals surface area contributed by atoms with E-state index in [1.807, 2.05) is 0 Å². The molecule has 0 fully saturated rings. The normalized spacial score (nSPS) is 11.4. The van der Waals surface area contributed by atoms with E-state index in [9.17, 15) is 4.79 Å². The molecule has 0 saturated carbocycles. The summed E-state index contributed by atoms with van der Waals surface area (Å²) in [5.74, 6) is -0.0829. The van der Waals surface area contributed by atoms with Gasteiger partial charge in [-0.05, 0) is 13.8 Å². The number of nitrogens with one attached hydrogen (secondary N) is 1. The van der Waals surface area contributed by atoms with Crippen LogP contribution in [0.25, 0.3) is 0 Å². The summed E-state index contributed by atoms with van der Waals surface area (Å²) in [6.07, 6.45) is 3.35. The van der Waals surface area contributed by atoms with Crippen LogP contribution in [0.3, 0.4) is 0 Å². The lowest BCUT2D eigenvalue weighted by Gasteiger charge is -2.14. The van der Waals surface area contributed by atoms with Crippen molar-refractivity contribution >= 4 is 27.5 Å². The molecule has 0 saturated heterocycles. The summed E-state index contributed by atoms with van der Waals surface area (Å²) in [5, 5.41) is 6.67. The molecule has 1 heterocycles. The van der Waals surface area contributed by atoms with Gasteiger partial charge in [-0.2, -0.15) is 5.10 Å². The minimum absolute atomic E-state index is 0.0829. The highest BCUT2D eigenvalue weighted by Gasteiger charge is 2.23. The number of halogens is 1. The number of carbonyl (C=O) groups excluding carboxylic acids is 1. The maximum atomic E-state index is 11.4. The van der Waals surface area contributed by atoms with Crippen molar-refractivity contribution in [1.82, 2.24) is 9.78 Å². The lowest BCUT2D eigenvalue weighted by molar-refractivity contribution is -0.117. The van der Waals surface area contributed by atoms with E-state index in [1.54, 1.807) is 38.0 Å². The van der Waals surface area contributed by atoms with Crippen molar-refractivity contribution < 1.29 is 4.79 Å². The van der Waals surface area contributed by atoms with Crippen molar-refractivity contribution in [2.24, 2.45) is 7.05 Å². The van der Waals surface area contributed by atoms with Gasteiger partial charge in [0, 0.05) is 13.2 Å². The van der Waals surface area contributed by atoms with Gasteiger partial charge in [0.25, 0.3) is 0 Å². The van der Waals surface area contributed by atoms with Crippen molar-refractivity contribution in [3.63, 3.8) is 0 Å². The number of hydrogen-bond acceptors (Lipinski definition) is 2. The summed E-state index contributed by atoms with van der Waals surface area (Å²) in [6, 6.07) is 0. The molecule has 0 atom stereocenters. The molecule has 0 spiro atoms. The molecule has 0 aliphatic carbocycles. The molecular formula is C8H12BrN3O. The number of hydrogen-bond donors (Lipinski definition) is 1. The Hall–Kier alpha value is -0.840. The third-order valence-corrected chi connectivity index (χ3v) is 1.86. The molecule has 1 aromatic rings. The quantitative estimate of drug-likeness (QED) is 0.804. The minimum atomic E-state index is -0.553. The van der Waals surface area contributed by atoms with Gasteiger partial charge >= 0.3 is 0 Å². The Morgan fingerprint density at radius 3 is 2.69 bits per heavy atom. The molecule has 5 heteroatoms. The number of rotatable bonds is 2. The van der Waals surface area contributed by atoms with Gasteiger partial charge in [0.15, 0.2) is 0 Å². The lowest BCUT2D eigenvalue weighted by atomic mass is 10.2. The van der Waals surface area contributed by atoms with Gasteiger partial charge in [-0.15, -0.1) is 0 Å². The average molecular weight is 246 g/mol. The Morgan fingerprint density at radius 2 is 2.31 bits per heavy atom. The van der Waals surface area contributed by atoms with Crippen LogP contribution in [0.4, 0.5) is 5.69 Å². The van der Waals surface area contributed by atoms with Gasteiger partial charge in [-0.1, -0.05) is 15.9 Å². The maximum Gasteiger partial charge on any atom is 0.240 e. The van der Waals surface area contributed by atoms with E-state index in [0.717, 1.165) is 0 Å². The summed E-state index contributed by atoms with van der Waals surface area (Å²) in [5.41, 5.74) is 0.708. The molecule has 0 aliphatic heterocycles. The molecule has 72 valence electrons. The number of aryl methyl sites for hydroxylation is 1. The van der Waals surface area contributed by atoms with Crippen LogP contribution in [-0.4, -0.2) is 20.0 Å². The first kappa shape index (κ1) is 10.2. The molecule has 1 amide bonds. The van der Waals surface area contributed by atoms with Crippen LogP contribution < -0.4 is 5.32 Å². The second kappa shape index (κ2) is 3.49. The van der Waals surface area contributed by atoms with Crippen LogP contribution in [0, 0.1) is 0 Å². The fraction of sp³-hybridized carbons (Fsp3) is 0.500. The predicted molar refractivity (Wildman–Crippen MR) is 54.8 cm³/mol. The molecule has 4 nitrogen and oxygen atoms in total. The van der Waals surface area contributed by atoms with Crippen molar-refractivity contribution in [3.8, 4) is 0 Å². The summed E-state index contributed by atoms with van der Waals surface area (Å²) in [4.78, 5) is 11.4. The second-order valence-corrected chi connectivity index (χ2v) is 5.31. The maximum absolute atomic E-state index is 11.4. The van der Waals surface area contributed by atoms with E-state index in [4.69, 9.17) is 0 Å². The Kier molecular flexibility index (Phi) is 2.75. The van der Waals surface area contributed by atoms with Crippen LogP contribution in [0.15, 0.2) is 12.4 Å². The van der Waals surface area contributed by atoms with E-state index >= 15 is 0 Å². The van der Waals surface area contributed by atoms with Crippen LogP contribution in [0.5, 0.6) is 0 Å². The Morgan fingerprint density at radius 1 is 1.69 bits per heavy atom. The molecule has 0 aliphatic rings. The number of carbonyl (C=O) groups is 1. The van der Waals surface area contributed by atoms with Crippen LogP contribution in [0.1, 0.15) is 13.8 Å². The standard InChI is InChI=1S/C8H12BrN3O/c1-8(2,9)7(13)11-6-4-10-12(3)5-6/h4-5H,1-3H3,(H,11,13). The van der Waals surface area contributed by atoms with Gasteiger partial charge in [0.05, 0.1) is 16.2 Å². The van der Waals surface area contributed by atoms with Crippen molar-refractivity contribution in [1.29, 1.82) is 0 Å². The molecule has 0 aromatic carbocycles. The number of aromatic nitrogens is 2. The topological polar surface area (TPSA) is 46.9 Å². The number of amides is 1. The number of nitrogens with zero attached hydrogens (tertiary/aromatic N) is 2. The monoisotopic (exact) mass is 245 g/mol. The summed E-state index contributed by atoms with van der Waals surface area (Å²) in [6.45, 7) is 3.58. The molecule has 1 N–H and O–H groups in total. The third kappa shape index (κ3) is 2.84. The highest BCUT2D eigenvalue weighted by Crippen LogP contribution is 2.18. The third-order valence-electron chi connectivity index (χ3n) is 1.50. The predicted octanol–water partition coefficient (Wildman–Crippen LogP) is 1.53. The zero-order chi connectivity index (χ0) is 10.1. The molecule has 0 bridgehead atoms. The SMILES string of the molecule is Cn1cc(NC(=O)C(C)(C)Br)cn1. The molecule has 1 rings (SSSR count). The van der Waals surface area contributed by atoms with Gasteiger partial charge in [-0.25, -0.2) is 0 Å². The van der Waals surface area contributed by atoms with Gasteiger partial charge in [0.1, 0.15) is 0 Å². The largest absolute Gasteiger partial charge is 0.322 e. The smallest absolute Gasteiger partial charge is 0.240 e. The zero-order valence-electron chi connectivity index (χ0n) is 7.84. The number of alkyl halides is 1. The average Bonchev–Trinajstić information content (AvgIpc) is 2.33. The molecule has 0 radical (unpaired) electrons. The van der Waals surface area contributed by atoms with Crippen molar-refractivity contribution in [2.75, 3.05) is 5.32 Å². The molecule has 1 aromatic heterocycles. The van der Waals surface area contributed by atoms with Gasteiger partial charge < -0.3 is 5.32 Å².